The molecule has 26 heavy (non-hydrogen) atoms. The van der Waals surface area contributed by atoms with Crippen LogP contribution in [0.15, 0.2) is 48.5 Å². The summed E-state index contributed by atoms with van der Waals surface area (Å²) < 4.78 is 12.3. The third-order valence-corrected chi connectivity index (χ3v) is 6.46. The minimum atomic E-state index is -3.45. The lowest BCUT2D eigenvalue weighted by Gasteiger charge is -2.20. The highest BCUT2D eigenvalue weighted by atomic mass is 35.5. The normalized spacial score (nSPS) is 15.6. The Morgan fingerprint density at radius 1 is 1.12 bits per heavy atom. The van der Waals surface area contributed by atoms with E-state index in [-0.39, 0.29) is 37.3 Å². The first-order chi connectivity index (χ1) is 11.8. The van der Waals surface area contributed by atoms with Crippen LogP contribution < -0.4 is 5.32 Å². The first-order valence-corrected chi connectivity index (χ1v) is 10.8. The summed E-state index contributed by atoms with van der Waals surface area (Å²) in [4.78, 5) is 10.1. The minimum absolute atomic E-state index is 0. The Balaban J connectivity index is 0.00000338. The molecular formula is C18H23Cl3NO3P. The molecule has 0 aliphatic rings. The molecule has 0 saturated heterocycles. The average molecular weight is 439 g/mol. The number of benzene rings is 2. The van der Waals surface area contributed by atoms with Crippen molar-refractivity contribution in [1.82, 2.24) is 5.32 Å². The molecule has 0 aliphatic carbocycles. The summed E-state index contributed by atoms with van der Waals surface area (Å²) in [6, 6.07) is 14.4. The molecule has 2 aromatic rings. The molecular weight excluding hydrogens is 416 g/mol. The predicted octanol–water partition coefficient (Wildman–Crippen LogP) is 4.90. The maximum absolute atomic E-state index is 12.3. The number of aliphatic hydroxyl groups is 1. The van der Waals surface area contributed by atoms with E-state index < -0.39 is 13.5 Å². The molecule has 0 bridgehead atoms. The monoisotopic (exact) mass is 437 g/mol. The molecule has 144 valence electrons. The topological polar surface area (TPSA) is 69.6 Å². The zero-order valence-electron chi connectivity index (χ0n) is 14.3. The molecule has 0 radical (unpaired) electrons. The molecule has 0 saturated carbocycles. The van der Waals surface area contributed by atoms with Crippen molar-refractivity contribution in [2.45, 2.75) is 25.2 Å². The fraction of sp³-hybridized carbons (Fsp3) is 0.333. The Morgan fingerprint density at radius 2 is 1.77 bits per heavy atom. The van der Waals surface area contributed by atoms with Crippen molar-refractivity contribution < 1.29 is 14.6 Å². The summed E-state index contributed by atoms with van der Waals surface area (Å²) in [6.45, 7) is 2.13. The van der Waals surface area contributed by atoms with Crippen molar-refractivity contribution in [1.29, 1.82) is 0 Å². The molecule has 0 heterocycles. The SMILES string of the molecule is C[C@H](NC[C@H](O)CP(=O)(O)Cc1ccccc1)c1ccc(Cl)c(Cl)c1.Cl. The van der Waals surface area contributed by atoms with Gasteiger partial charge in [-0.15, -0.1) is 12.4 Å². The van der Waals surface area contributed by atoms with E-state index in [1.54, 1.807) is 24.3 Å². The molecule has 0 amide bonds. The summed E-state index contributed by atoms with van der Waals surface area (Å²) in [5.41, 5.74) is 1.72. The lowest BCUT2D eigenvalue weighted by Crippen LogP contribution is -2.31. The molecule has 0 spiro atoms. The van der Waals surface area contributed by atoms with Crippen LogP contribution in [0.5, 0.6) is 0 Å². The zero-order chi connectivity index (χ0) is 18.4. The largest absolute Gasteiger partial charge is 0.391 e. The highest BCUT2D eigenvalue weighted by Crippen LogP contribution is 2.44. The van der Waals surface area contributed by atoms with Crippen LogP contribution in [0.3, 0.4) is 0 Å². The van der Waals surface area contributed by atoms with E-state index in [0.717, 1.165) is 11.1 Å². The van der Waals surface area contributed by atoms with E-state index >= 15 is 0 Å². The summed E-state index contributed by atoms with van der Waals surface area (Å²) >= 11 is 11.9. The van der Waals surface area contributed by atoms with Gasteiger partial charge in [-0.3, -0.25) is 4.57 Å². The van der Waals surface area contributed by atoms with E-state index in [1.165, 1.54) is 0 Å². The average Bonchev–Trinajstić information content (AvgIpc) is 2.55. The van der Waals surface area contributed by atoms with Crippen molar-refractivity contribution in [3.05, 3.63) is 69.7 Å². The van der Waals surface area contributed by atoms with Gasteiger partial charge in [0.25, 0.3) is 0 Å². The van der Waals surface area contributed by atoms with Crippen LogP contribution in [-0.2, 0) is 10.7 Å². The fourth-order valence-corrected chi connectivity index (χ4v) is 4.54. The van der Waals surface area contributed by atoms with Crippen LogP contribution in [0.25, 0.3) is 0 Å². The molecule has 4 nitrogen and oxygen atoms in total. The Kier molecular flexibility index (Phi) is 9.63. The predicted molar refractivity (Wildman–Crippen MR) is 111 cm³/mol. The molecule has 1 unspecified atom stereocenters. The standard InChI is InChI=1S/C18H22Cl2NO3P.ClH/c1-13(15-7-8-17(19)18(20)9-15)21-10-16(22)12-25(23,24)11-14-5-3-2-4-6-14;/h2-9,13,16,21-22H,10-12H2,1H3,(H,23,24);1H/t13-,16-;/m0./s1. The number of nitrogens with one attached hydrogen (secondary N) is 1. The molecule has 8 heteroatoms. The molecule has 0 aromatic heterocycles. The summed E-state index contributed by atoms with van der Waals surface area (Å²) in [5.74, 6) is 0. The van der Waals surface area contributed by atoms with Crippen molar-refractivity contribution in [3.8, 4) is 0 Å². The van der Waals surface area contributed by atoms with E-state index in [0.29, 0.717) is 10.0 Å². The number of hydrogen-bond acceptors (Lipinski definition) is 3. The molecule has 3 N–H and O–H groups in total. The fourth-order valence-electron chi connectivity index (χ4n) is 2.54. The quantitative estimate of drug-likeness (QED) is 0.513. The van der Waals surface area contributed by atoms with E-state index in [9.17, 15) is 14.6 Å². The van der Waals surface area contributed by atoms with Crippen molar-refractivity contribution in [2.75, 3.05) is 12.7 Å². The van der Waals surface area contributed by atoms with Gasteiger partial charge in [-0.1, -0.05) is 59.6 Å². The maximum atomic E-state index is 12.3. The van der Waals surface area contributed by atoms with Crippen LogP contribution in [-0.4, -0.2) is 28.8 Å². The Labute approximate surface area is 170 Å². The zero-order valence-corrected chi connectivity index (χ0v) is 17.5. The van der Waals surface area contributed by atoms with E-state index in [1.807, 2.05) is 31.2 Å². The van der Waals surface area contributed by atoms with Crippen LogP contribution >= 0.6 is 43.0 Å². The highest BCUT2D eigenvalue weighted by Gasteiger charge is 2.23. The number of rotatable bonds is 8. The lowest BCUT2D eigenvalue weighted by molar-refractivity contribution is 0.186. The minimum Gasteiger partial charge on any atom is -0.391 e. The second kappa shape index (κ2) is 10.7. The van der Waals surface area contributed by atoms with Gasteiger partial charge in [-0.2, -0.15) is 0 Å². The third-order valence-electron chi connectivity index (χ3n) is 3.87. The van der Waals surface area contributed by atoms with Crippen molar-refractivity contribution >= 4 is 43.0 Å². The summed E-state index contributed by atoms with van der Waals surface area (Å²) in [7, 11) is -3.45. The summed E-state index contributed by atoms with van der Waals surface area (Å²) in [6.07, 6.45) is -0.999. The van der Waals surface area contributed by atoms with Gasteiger partial charge in [-0.25, -0.2) is 0 Å². The van der Waals surface area contributed by atoms with Crippen molar-refractivity contribution in [3.63, 3.8) is 0 Å². The van der Waals surface area contributed by atoms with Gasteiger partial charge >= 0.3 is 0 Å². The van der Waals surface area contributed by atoms with Gasteiger partial charge in [0.05, 0.1) is 22.3 Å². The van der Waals surface area contributed by atoms with Gasteiger partial charge in [0.1, 0.15) is 0 Å². The van der Waals surface area contributed by atoms with E-state index in [2.05, 4.69) is 5.32 Å². The highest BCUT2D eigenvalue weighted by molar-refractivity contribution is 7.57. The van der Waals surface area contributed by atoms with Crippen molar-refractivity contribution in [2.24, 2.45) is 0 Å². The molecule has 3 atom stereocenters. The summed E-state index contributed by atoms with van der Waals surface area (Å²) in [5, 5.41) is 14.2. The van der Waals surface area contributed by atoms with Crippen LogP contribution in [0.4, 0.5) is 0 Å². The second-order valence-electron chi connectivity index (χ2n) is 6.13. The smallest absolute Gasteiger partial charge is 0.207 e. The Hall–Kier alpha value is -0.580. The van der Waals surface area contributed by atoms with Gasteiger partial charge in [0.15, 0.2) is 0 Å². The van der Waals surface area contributed by atoms with E-state index in [4.69, 9.17) is 23.2 Å². The second-order valence-corrected chi connectivity index (χ2v) is 9.32. The van der Waals surface area contributed by atoms with Crippen LogP contribution in [0, 0.1) is 0 Å². The van der Waals surface area contributed by atoms with Gasteiger partial charge in [-0.05, 0) is 30.2 Å². The lowest BCUT2D eigenvalue weighted by atomic mass is 10.1. The molecule has 2 rings (SSSR count). The van der Waals surface area contributed by atoms with Gasteiger partial charge < -0.3 is 15.3 Å². The third kappa shape index (κ3) is 7.58. The molecule has 0 aliphatic heterocycles. The van der Waals surface area contributed by atoms with Gasteiger partial charge in [0.2, 0.25) is 7.37 Å². The number of hydrogen-bond donors (Lipinski definition) is 3. The number of halogens is 3. The van der Waals surface area contributed by atoms with Gasteiger partial charge in [0, 0.05) is 18.7 Å². The maximum Gasteiger partial charge on any atom is 0.207 e. The number of aliphatic hydroxyl groups excluding tert-OH is 1. The Bertz CT molecular complexity index is 746. The molecule has 2 aromatic carbocycles. The first-order valence-electron chi connectivity index (χ1n) is 7.98. The van der Waals surface area contributed by atoms with Crippen LogP contribution in [0.1, 0.15) is 24.1 Å². The molecule has 0 fully saturated rings. The Morgan fingerprint density at radius 3 is 2.38 bits per heavy atom. The van der Waals surface area contributed by atoms with Crippen LogP contribution in [0.2, 0.25) is 10.0 Å². The first kappa shape index (κ1) is 23.5.